The number of hydrogen-bond donors (Lipinski definition) is 0. The van der Waals surface area contributed by atoms with Crippen LogP contribution in [0.1, 0.15) is 5.56 Å². The third-order valence-corrected chi connectivity index (χ3v) is 1.46. The van der Waals surface area contributed by atoms with Crippen LogP contribution in [0.3, 0.4) is 0 Å². The van der Waals surface area contributed by atoms with E-state index < -0.39 is 6.36 Å². The molecule has 1 rings (SSSR count). The zero-order valence-electron chi connectivity index (χ0n) is 7.17. The van der Waals surface area contributed by atoms with E-state index in [1.54, 1.807) is 6.07 Å². The maximum atomic E-state index is 11.9. The first-order chi connectivity index (χ1) is 6.53. The van der Waals surface area contributed by atoms with Gasteiger partial charge in [0.15, 0.2) is 0 Å². The summed E-state index contributed by atoms with van der Waals surface area (Å²) in [5, 5.41) is 0. The van der Waals surface area contributed by atoms with Crippen LogP contribution in [0.4, 0.5) is 13.2 Å². The second-order valence-electron chi connectivity index (χ2n) is 2.50. The summed E-state index contributed by atoms with van der Waals surface area (Å²) < 4.78 is 43.9. The maximum absolute atomic E-state index is 11.9. The number of ether oxygens (including phenoxy) is 2. The predicted molar refractivity (Wildman–Crippen MR) is 43.3 cm³/mol. The molecule has 0 bridgehead atoms. The smallest absolute Gasteiger partial charge is 0.405 e. The molecule has 0 amide bonds. The van der Waals surface area contributed by atoms with Gasteiger partial charge in [-0.15, -0.1) is 13.2 Å². The Morgan fingerprint density at radius 2 is 1.86 bits per heavy atom. The SMILES string of the molecule is [CH2]OCc1ccccc1OC(F)(F)F. The van der Waals surface area contributed by atoms with Crippen molar-refractivity contribution >= 4 is 0 Å². The van der Waals surface area contributed by atoms with Crippen molar-refractivity contribution in [3.8, 4) is 5.75 Å². The molecule has 0 aliphatic heterocycles. The third kappa shape index (κ3) is 3.26. The molecule has 0 fully saturated rings. The lowest BCUT2D eigenvalue weighted by molar-refractivity contribution is -0.275. The van der Waals surface area contributed by atoms with Crippen molar-refractivity contribution in [2.75, 3.05) is 0 Å². The first-order valence-corrected chi connectivity index (χ1v) is 3.73. The second-order valence-corrected chi connectivity index (χ2v) is 2.50. The van der Waals surface area contributed by atoms with Crippen LogP contribution < -0.4 is 4.74 Å². The quantitative estimate of drug-likeness (QED) is 0.755. The highest BCUT2D eigenvalue weighted by molar-refractivity contribution is 5.32. The van der Waals surface area contributed by atoms with Gasteiger partial charge in [-0.05, 0) is 6.07 Å². The molecule has 0 aliphatic carbocycles. The molecule has 1 aromatic rings. The molecule has 1 aromatic carbocycles. The number of para-hydroxylation sites is 1. The van der Waals surface area contributed by atoms with Crippen molar-refractivity contribution in [2.24, 2.45) is 0 Å². The van der Waals surface area contributed by atoms with Gasteiger partial charge in [-0.2, -0.15) is 0 Å². The molecule has 0 saturated heterocycles. The summed E-state index contributed by atoms with van der Waals surface area (Å²) in [4.78, 5) is 0. The summed E-state index contributed by atoms with van der Waals surface area (Å²) in [7, 11) is 3.08. The number of benzene rings is 1. The lowest BCUT2D eigenvalue weighted by Crippen LogP contribution is -2.18. The van der Waals surface area contributed by atoms with Crippen molar-refractivity contribution in [3.63, 3.8) is 0 Å². The van der Waals surface area contributed by atoms with Gasteiger partial charge in [0.25, 0.3) is 0 Å². The zero-order valence-corrected chi connectivity index (χ0v) is 7.17. The fourth-order valence-corrected chi connectivity index (χ4v) is 0.957. The highest BCUT2D eigenvalue weighted by atomic mass is 19.4. The maximum Gasteiger partial charge on any atom is 0.573 e. The van der Waals surface area contributed by atoms with E-state index in [9.17, 15) is 13.2 Å². The Balaban J connectivity index is 2.84. The molecule has 0 heterocycles. The van der Waals surface area contributed by atoms with Crippen LogP contribution in [0.2, 0.25) is 0 Å². The average molecular weight is 205 g/mol. The lowest BCUT2D eigenvalue weighted by atomic mass is 10.2. The Hall–Kier alpha value is -1.23. The fraction of sp³-hybridized carbons (Fsp3) is 0.222. The molecule has 0 N–H and O–H groups in total. The highest BCUT2D eigenvalue weighted by Gasteiger charge is 2.31. The van der Waals surface area contributed by atoms with Crippen molar-refractivity contribution in [3.05, 3.63) is 36.9 Å². The van der Waals surface area contributed by atoms with Gasteiger partial charge >= 0.3 is 6.36 Å². The summed E-state index contributed by atoms with van der Waals surface area (Å²) in [6.45, 7) is -0.0216. The van der Waals surface area contributed by atoms with E-state index >= 15 is 0 Å². The fourth-order valence-electron chi connectivity index (χ4n) is 0.957. The number of hydrogen-bond acceptors (Lipinski definition) is 2. The van der Waals surface area contributed by atoms with Gasteiger partial charge in [-0.1, -0.05) is 18.2 Å². The van der Waals surface area contributed by atoms with Crippen molar-refractivity contribution in [2.45, 2.75) is 13.0 Å². The topological polar surface area (TPSA) is 18.5 Å². The van der Waals surface area contributed by atoms with E-state index in [0.29, 0.717) is 5.56 Å². The van der Waals surface area contributed by atoms with E-state index in [0.717, 1.165) is 0 Å². The minimum Gasteiger partial charge on any atom is -0.405 e. The highest BCUT2D eigenvalue weighted by Crippen LogP contribution is 2.26. The Bertz CT molecular complexity index is 296. The molecule has 5 heteroatoms. The predicted octanol–water partition coefficient (Wildman–Crippen LogP) is 2.89. The van der Waals surface area contributed by atoms with Crippen molar-refractivity contribution in [1.29, 1.82) is 0 Å². The largest absolute Gasteiger partial charge is 0.573 e. The molecule has 0 saturated carbocycles. The first kappa shape index (κ1) is 10.8. The first-order valence-electron chi connectivity index (χ1n) is 3.73. The molecule has 2 nitrogen and oxygen atoms in total. The lowest BCUT2D eigenvalue weighted by Gasteiger charge is -2.12. The molecule has 0 aliphatic rings. The van der Waals surface area contributed by atoms with Crippen LogP contribution in [-0.2, 0) is 11.3 Å². The molecule has 0 aromatic heterocycles. The standard InChI is InChI=1S/C9H8F3O2/c1-13-6-7-4-2-3-5-8(7)14-9(10,11)12/h2-5H,1,6H2. The van der Waals surface area contributed by atoms with E-state index in [2.05, 4.69) is 16.6 Å². The van der Waals surface area contributed by atoms with E-state index in [1.807, 2.05) is 0 Å². The van der Waals surface area contributed by atoms with Gasteiger partial charge in [-0.25, -0.2) is 0 Å². The van der Waals surface area contributed by atoms with Crippen molar-refractivity contribution in [1.82, 2.24) is 0 Å². The van der Waals surface area contributed by atoms with Crippen LogP contribution in [0, 0.1) is 7.11 Å². The summed E-state index contributed by atoms with van der Waals surface area (Å²) in [5.41, 5.74) is 0.305. The van der Waals surface area contributed by atoms with Crippen LogP contribution in [0.5, 0.6) is 5.75 Å². The molecule has 0 unspecified atom stereocenters. The van der Waals surface area contributed by atoms with E-state index in [4.69, 9.17) is 0 Å². The van der Waals surface area contributed by atoms with Gasteiger partial charge in [0.1, 0.15) is 5.75 Å². The van der Waals surface area contributed by atoms with E-state index in [-0.39, 0.29) is 12.4 Å². The molecule has 0 atom stereocenters. The zero-order chi connectivity index (χ0) is 10.6. The minimum absolute atomic E-state index is 0.0216. The van der Waals surface area contributed by atoms with Gasteiger partial charge in [-0.3, -0.25) is 0 Å². The van der Waals surface area contributed by atoms with Crippen LogP contribution in [-0.4, -0.2) is 6.36 Å². The van der Waals surface area contributed by atoms with Gasteiger partial charge in [0.05, 0.1) is 13.7 Å². The van der Waals surface area contributed by atoms with E-state index in [1.165, 1.54) is 18.2 Å². The Kier molecular flexibility index (Phi) is 3.35. The monoisotopic (exact) mass is 205 g/mol. The summed E-state index contributed by atoms with van der Waals surface area (Å²) >= 11 is 0. The Labute approximate surface area is 79.2 Å². The molecule has 14 heavy (non-hydrogen) atoms. The van der Waals surface area contributed by atoms with Gasteiger partial charge in [0.2, 0.25) is 0 Å². The summed E-state index contributed by atoms with van der Waals surface area (Å²) in [6, 6.07) is 5.75. The molecular weight excluding hydrogens is 197 g/mol. The summed E-state index contributed by atoms with van der Waals surface area (Å²) in [5.74, 6) is -0.261. The van der Waals surface area contributed by atoms with Crippen LogP contribution in [0.25, 0.3) is 0 Å². The Morgan fingerprint density at radius 3 is 2.43 bits per heavy atom. The second kappa shape index (κ2) is 4.32. The molecular formula is C9H8F3O2. The minimum atomic E-state index is -4.68. The van der Waals surface area contributed by atoms with Gasteiger partial charge < -0.3 is 9.47 Å². The molecule has 1 radical (unpaired) electrons. The number of alkyl halides is 3. The van der Waals surface area contributed by atoms with Gasteiger partial charge in [0, 0.05) is 5.56 Å². The van der Waals surface area contributed by atoms with Crippen LogP contribution in [0.15, 0.2) is 24.3 Å². The third-order valence-electron chi connectivity index (χ3n) is 1.46. The average Bonchev–Trinajstić information content (AvgIpc) is 2.06. The number of halogens is 3. The number of rotatable bonds is 3. The molecule has 77 valence electrons. The molecule has 0 spiro atoms. The normalized spacial score (nSPS) is 11.4. The Morgan fingerprint density at radius 1 is 1.21 bits per heavy atom. The van der Waals surface area contributed by atoms with Crippen molar-refractivity contribution < 1.29 is 22.6 Å². The summed E-state index contributed by atoms with van der Waals surface area (Å²) in [6.07, 6.45) is -4.68. The van der Waals surface area contributed by atoms with Crippen LogP contribution >= 0.6 is 0 Å².